The summed E-state index contributed by atoms with van der Waals surface area (Å²) in [7, 11) is 1.28. The third-order valence-electron chi connectivity index (χ3n) is 3.74. The topological polar surface area (TPSA) is 93.7 Å². The second-order valence-corrected chi connectivity index (χ2v) is 5.70. The van der Waals surface area contributed by atoms with Gasteiger partial charge in [0.1, 0.15) is 5.75 Å². The molecule has 27 heavy (non-hydrogen) atoms. The highest BCUT2D eigenvalue weighted by Crippen LogP contribution is 2.12. The van der Waals surface area contributed by atoms with Gasteiger partial charge in [-0.3, -0.25) is 20.4 Å². The van der Waals surface area contributed by atoms with Gasteiger partial charge in [-0.2, -0.15) is 0 Å². The molecule has 2 aromatic carbocycles. The van der Waals surface area contributed by atoms with Gasteiger partial charge < -0.3 is 9.47 Å². The highest BCUT2D eigenvalue weighted by atomic mass is 16.5. The molecule has 142 valence electrons. The minimum atomic E-state index is -0.501. The van der Waals surface area contributed by atoms with Crippen LogP contribution in [0, 0.1) is 0 Å². The standard InChI is InChI=1S/C20H22N2O5/c1-3-4-13-27-17-11-9-15(10-12-17)19(24)22-21-18(23)14-5-7-16(8-6-14)20(25)26-2/h5-12H,3-4,13H2,1-2H3,(H,21,23)(H,22,24). The Morgan fingerprint density at radius 2 is 1.30 bits per heavy atom. The Labute approximate surface area is 157 Å². The first-order valence-corrected chi connectivity index (χ1v) is 8.57. The Morgan fingerprint density at radius 3 is 1.78 bits per heavy atom. The summed E-state index contributed by atoms with van der Waals surface area (Å²) in [5.41, 5.74) is 5.69. The lowest BCUT2D eigenvalue weighted by Gasteiger charge is -2.09. The number of carbonyl (C=O) groups is 3. The average molecular weight is 370 g/mol. The van der Waals surface area contributed by atoms with Crippen LogP contribution < -0.4 is 15.6 Å². The highest BCUT2D eigenvalue weighted by molar-refractivity contribution is 5.99. The minimum Gasteiger partial charge on any atom is -0.494 e. The first kappa shape index (κ1) is 20.0. The van der Waals surface area contributed by atoms with Gasteiger partial charge in [-0.15, -0.1) is 0 Å². The number of hydrogen-bond donors (Lipinski definition) is 2. The minimum absolute atomic E-state index is 0.294. The summed E-state index contributed by atoms with van der Waals surface area (Å²) < 4.78 is 10.1. The molecule has 0 unspecified atom stereocenters. The van der Waals surface area contributed by atoms with Crippen molar-refractivity contribution < 1.29 is 23.9 Å². The molecule has 0 aromatic heterocycles. The van der Waals surface area contributed by atoms with E-state index in [9.17, 15) is 14.4 Å². The molecule has 0 atom stereocenters. The van der Waals surface area contributed by atoms with E-state index in [1.165, 1.54) is 31.4 Å². The SMILES string of the molecule is CCCCOc1ccc(C(=O)NNC(=O)c2ccc(C(=O)OC)cc2)cc1. The summed E-state index contributed by atoms with van der Waals surface area (Å²) in [6.45, 7) is 2.71. The monoisotopic (exact) mass is 370 g/mol. The Kier molecular flexibility index (Phi) is 7.37. The number of ether oxygens (including phenoxy) is 2. The van der Waals surface area contributed by atoms with Crippen LogP contribution in [0.25, 0.3) is 0 Å². The number of methoxy groups -OCH3 is 1. The van der Waals surface area contributed by atoms with Crippen molar-refractivity contribution in [3.8, 4) is 5.75 Å². The molecule has 7 nitrogen and oxygen atoms in total. The van der Waals surface area contributed by atoms with E-state index in [2.05, 4.69) is 22.5 Å². The fourth-order valence-corrected chi connectivity index (χ4v) is 2.17. The Bertz CT molecular complexity index is 785. The number of rotatable bonds is 7. The van der Waals surface area contributed by atoms with Crippen molar-refractivity contribution >= 4 is 17.8 Å². The fraction of sp³-hybridized carbons (Fsp3) is 0.250. The van der Waals surface area contributed by atoms with Gasteiger partial charge in [-0.25, -0.2) is 4.79 Å². The maximum absolute atomic E-state index is 12.1. The van der Waals surface area contributed by atoms with Crippen LogP contribution in [-0.2, 0) is 4.74 Å². The smallest absolute Gasteiger partial charge is 0.337 e. The lowest BCUT2D eigenvalue weighted by molar-refractivity contribution is 0.0600. The van der Waals surface area contributed by atoms with E-state index < -0.39 is 17.8 Å². The van der Waals surface area contributed by atoms with Crippen LogP contribution in [0.3, 0.4) is 0 Å². The number of amides is 2. The zero-order valence-electron chi connectivity index (χ0n) is 15.3. The molecule has 0 aliphatic heterocycles. The maximum atomic E-state index is 12.1. The van der Waals surface area contributed by atoms with Crippen molar-refractivity contribution in [1.82, 2.24) is 10.9 Å². The van der Waals surface area contributed by atoms with Crippen molar-refractivity contribution in [2.45, 2.75) is 19.8 Å². The van der Waals surface area contributed by atoms with Gasteiger partial charge >= 0.3 is 5.97 Å². The molecule has 0 aliphatic rings. The number of benzene rings is 2. The summed E-state index contributed by atoms with van der Waals surface area (Å²) in [5.74, 6) is -0.749. The first-order chi connectivity index (χ1) is 13.0. The van der Waals surface area contributed by atoms with Crippen molar-refractivity contribution in [1.29, 1.82) is 0 Å². The van der Waals surface area contributed by atoms with E-state index in [1.54, 1.807) is 24.3 Å². The zero-order valence-corrected chi connectivity index (χ0v) is 15.3. The molecule has 0 saturated carbocycles. The predicted molar refractivity (Wildman–Crippen MR) is 99.6 cm³/mol. The Balaban J connectivity index is 1.87. The summed E-state index contributed by atoms with van der Waals surface area (Å²) in [6, 6.07) is 12.5. The van der Waals surface area contributed by atoms with E-state index in [-0.39, 0.29) is 0 Å². The Morgan fingerprint density at radius 1 is 0.815 bits per heavy atom. The van der Waals surface area contributed by atoms with Crippen LogP contribution in [0.1, 0.15) is 50.8 Å². The third kappa shape index (κ3) is 5.85. The van der Waals surface area contributed by atoms with E-state index in [1.807, 2.05) is 0 Å². The van der Waals surface area contributed by atoms with Crippen molar-refractivity contribution in [3.05, 3.63) is 65.2 Å². The molecular weight excluding hydrogens is 348 g/mol. The van der Waals surface area contributed by atoms with Crippen molar-refractivity contribution in [2.75, 3.05) is 13.7 Å². The van der Waals surface area contributed by atoms with Gasteiger partial charge in [-0.1, -0.05) is 13.3 Å². The summed E-state index contributed by atoms with van der Waals surface area (Å²) in [6.07, 6.45) is 2.01. The van der Waals surface area contributed by atoms with Crippen molar-refractivity contribution in [3.63, 3.8) is 0 Å². The predicted octanol–water partition coefficient (Wildman–Crippen LogP) is 2.73. The normalized spacial score (nSPS) is 10.0. The number of carbonyl (C=O) groups excluding carboxylic acids is 3. The Hall–Kier alpha value is -3.35. The van der Waals surface area contributed by atoms with Crippen LogP contribution in [0.4, 0.5) is 0 Å². The van der Waals surface area contributed by atoms with Gasteiger partial charge in [0, 0.05) is 11.1 Å². The second-order valence-electron chi connectivity index (χ2n) is 5.70. The number of esters is 1. The largest absolute Gasteiger partial charge is 0.494 e. The summed E-state index contributed by atoms with van der Waals surface area (Å²) in [5, 5.41) is 0. The molecule has 0 bridgehead atoms. The third-order valence-corrected chi connectivity index (χ3v) is 3.74. The number of hydrogen-bond acceptors (Lipinski definition) is 5. The molecule has 0 heterocycles. The summed E-state index contributed by atoms with van der Waals surface area (Å²) >= 11 is 0. The van der Waals surface area contributed by atoms with Gasteiger partial charge in [0.15, 0.2) is 0 Å². The van der Waals surface area contributed by atoms with Crippen molar-refractivity contribution in [2.24, 2.45) is 0 Å². The van der Waals surface area contributed by atoms with E-state index >= 15 is 0 Å². The molecule has 0 saturated heterocycles. The molecule has 0 spiro atoms. The molecule has 2 aromatic rings. The van der Waals surface area contributed by atoms with Crippen LogP contribution >= 0.6 is 0 Å². The van der Waals surface area contributed by atoms with Gasteiger partial charge in [0.05, 0.1) is 19.3 Å². The molecule has 0 radical (unpaired) electrons. The molecule has 7 heteroatoms. The van der Waals surface area contributed by atoms with E-state index in [0.29, 0.717) is 29.0 Å². The molecule has 0 aliphatic carbocycles. The molecule has 0 fully saturated rings. The second kappa shape index (κ2) is 9.96. The van der Waals surface area contributed by atoms with Gasteiger partial charge in [0.25, 0.3) is 11.8 Å². The average Bonchev–Trinajstić information content (AvgIpc) is 2.72. The highest BCUT2D eigenvalue weighted by Gasteiger charge is 2.11. The van der Waals surface area contributed by atoms with Gasteiger partial charge in [0.2, 0.25) is 0 Å². The van der Waals surface area contributed by atoms with Crippen LogP contribution in [0.15, 0.2) is 48.5 Å². The molecular formula is C20H22N2O5. The molecule has 2 N–H and O–H groups in total. The summed E-state index contributed by atoms with van der Waals surface area (Å²) in [4.78, 5) is 35.6. The number of unbranched alkanes of at least 4 members (excludes halogenated alkanes) is 1. The van der Waals surface area contributed by atoms with E-state index in [0.717, 1.165) is 12.8 Å². The lowest BCUT2D eigenvalue weighted by atomic mass is 10.1. The lowest BCUT2D eigenvalue weighted by Crippen LogP contribution is -2.41. The number of nitrogens with one attached hydrogen (secondary N) is 2. The first-order valence-electron chi connectivity index (χ1n) is 8.57. The molecule has 2 rings (SSSR count). The zero-order chi connectivity index (χ0) is 19.6. The molecule has 2 amide bonds. The maximum Gasteiger partial charge on any atom is 0.337 e. The quantitative estimate of drug-likeness (QED) is 0.444. The van der Waals surface area contributed by atoms with E-state index in [4.69, 9.17) is 4.74 Å². The number of hydrazine groups is 1. The van der Waals surface area contributed by atoms with Gasteiger partial charge in [-0.05, 0) is 55.0 Å². The van der Waals surface area contributed by atoms with Crippen LogP contribution in [0.2, 0.25) is 0 Å². The van der Waals surface area contributed by atoms with Crippen LogP contribution in [-0.4, -0.2) is 31.5 Å². The fourth-order valence-electron chi connectivity index (χ4n) is 2.17. The van der Waals surface area contributed by atoms with Crippen LogP contribution in [0.5, 0.6) is 5.75 Å².